The van der Waals surface area contributed by atoms with Crippen molar-refractivity contribution in [2.45, 2.75) is 32.0 Å². The number of carbonyl (C=O) groups is 1. The summed E-state index contributed by atoms with van der Waals surface area (Å²) >= 11 is 0. The van der Waals surface area contributed by atoms with E-state index >= 15 is 0 Å². The second-order valence-corrected chi connectivity index (χ2v) is 7.82. The molecule has 2 aromatic carbocycles. The summed E-state index contributed by atoms with van der Waals surface area (Å²) in [5.41, 5.74) is 2.14. The fourth-order valence-corrected chi connectivity index (χ4v) is 3.82. The number of benzene rings is 2. The average Bonchev–Trinajstić information content (AvgIpc) is 2.78. The zero-order valence-corrected chi connectivity index (χ0v) is 17.2. The molecule has 0 radical (unpaired) electrons. The van der Waals surface area contributed by atoms with Crippen molar-refractivity contribution in [3.63, 3.8) is 0 Å². The molecular weight excluding hydrogens is 395 g/mol. The summed E-state index contributed by atoms with van der Waals surface area (Å²) in [5, 5.41) is 7.31. The average molecular weight is 420 g/mol. The van der Waals surface area contributed by atoms with Gasteiger partial charge >= 0.3 is 0 Å². The fraction of sp³-hybridized carbons (Fsp3) is 0.292. The van der Waals surface area contributed by atoms with E-state index in [0.717, 1.165) is 37.2 Å². The third-order valence-corrected chi connectivity index (χ3v) is 5.50. The highest BCUT2D eigenvalue weighted by molar-refractivity contribution is 5.76. The molecule has 1 aliphatic heterocycles. The number of aromatic nitrogens is 2. The summed E-state index contributed by atoms with van der Waals surface area (Å²) in [6.07, 6.45) is 1.74. The first-order chi connectivity index (χ1) is 15.1. The van der Waals surface area contributed by atoms with Crippen LogP contribution in [0.3, 0.4) is 0 Å². The number of amides is 1. The van der Waals surface area contributed by atoms with E-state index in [1.54, 1.807) is 18.2 Å². The molecule has 0 unspecified atom stereocenters. The third kappa shape index (κ3) is 5.64. The summed E-state index contributed by atoms with van der Waals surface area (Å²) < 4.78 is 14.3. The van der Waals surface area contributed by atoms with Crippen molar-refractivity contribution >= 4 is 5.91 Å². The lowest BCUT2D eigenvalue weighted by Gasteiger charge is -2.32. The molecule has 1 fully saturated rings. The predicted molar refractivity (Wildman–Crippen MR) is 117 cm³/mol. The van der Waals surface area contributed by atoms with Crippen LogP contribution in [0.15, 0.2) is 71.5 Å². The first-order valence-electron chi connectivity index (χ1n) is 10.5. The summed E-state index contributed by atoms with van der Waals surface area (Å²) in [6, 6.07) is 19.3. The SMILES string of the molecule is O=C(Cn1nc(-c2ccc(F)cc2)ccc1=O)NC1CCN(Cc2ccccc2)CC1. The normalized spacial score (nSPS) is 15.0. The van der Waals surface area contributed by atoms with Gasteiger partial charge in [-0.25, -0.2) is 9.07 Å². The lowest BCUT2D eigenvalue weighted by atomic mass is 10.0. The Morgan fingerprint density at radius 2 is 1.71 bits per heavy atom. The molecule has 1 aliphatic rings. The molecule has 4 rings (SSSR count). The monoisotopic (exact) mass is 420 g/mol. The van der Waals surface area contributed by atoms with Gasteiger partial charge in [0.2, 0.25) is 5.91 Å². The first-order valence-corrected chi connectivity index (χ1v) is 10.5. The second kappa shape index (κ2) is 9.66. The molecule has 0 aliphatic carbocycles. The molecule has 0 atom stereocenters. The van der Waals surface area contributed by atoms with Crippen LogP contribution in [0.25, 0.3) is 11.3 Å². The number of hydrogen-bond acceptors (Lipinski definition) is 4. The minimum absolute atomic E-state index is 0.0931. The van der Waals surface area contributed by atoms with Crippen LogP contribution in [0, 0.1) is 5.82 Å². The molecule has 7 heteroatoms. The van der Waals surface area contributed by atoms with Gasteiger partial charge in [0, 0.05) is 37.3 Å². The summed E-state index contributed by atoms with van der Waals surface area (Å²) in [4.78, 5) is 27.1. The van der Waals surface area contributed by atoms with Crippen LogP contribution in [-0.4, -0.2) is 39.7 Å². The molecular formula is C24H25FN4O2. The van der Waals surface area contributed by atoms with E-state index in [-0.39, 0.29) is 29.9 Å². The number of piperidine rings is 1. The number of hydrogen-bond donors (Lipinski definition) is 1. The van der Waals surface area contributed by atoms with Gasteiger partial charge in [0.25, 0.3) is 5.56 Å². The number of rotatable bonds is 6. The van der Waals surface area contributed by atoms with Crippen molar-refractivity contribution in [1.82, 2.24) is 20.0 Å². The molecule has 3 aromatic rings. The van der Waals surface area contributed by atoms with Crippen molar-refractivity contribution in [1.29, 1.82) is 0 Å². The lowest BCUT2D eigenvalue weighted by molar-refractivity contribution is -0.122. The Kier molecular flexibility index (Phi) is 6.52. The van der Waals surface area contributed by atoms with Crippen molar-refractivity contribution in [2.75, 3.05) is 13.1 Å². The van der Waals surface area contributed by atoms with Crippen molar-refractivity contribution < 1.29 is 9.18 Å². The fourth-order valence-electron chi connectivity index (χ4n) is 3.82. The first kappa shape index (κ1) is 20.9. The summed E-state index contributed by atoms with van der Waals surface area (Å²) in [6.45, 7) is 2.60. The molecule has 31 heavy (non-hydrogen) atoms. The number of likely N-dealkylation sites (tertiary alicyclic amines) is 1. The van der Waals surface area contributed by atoms with Crippen LogP contribution in [0.1, 0.15) is 18.4 Å². The Morgan fingerprint density at radius 1 is 1.00 bits per heavy atom. The van der Waals surface area contributed by atoms with Gasteiger partial charge in [-0.1, -0.05) is 30.3 Å². The van der Waals surface area contributed by atoms with Crippen LogP contribution in [-0.2, 0) is 17.9 Å². The van der Waals surface area contributed by atoms with Crippen LogP contribution < -0.4 is 10.9 Å². The van der Waals surface area contributed by atoms with Gasteiger partial charge in [0.05, 0.1) is 5.69 Å². The zero-order valence-electron chi connectivity index (χ0n) is 17.2. The van der Waals surface area contributed by atoms with Crippen LogP contribution >= 0.6 is 0 Å². The van der Waals surface area contributed by atoms with Crippen LogP contribution in [0.2, 0.25) is 0 Å². The maximum Gasteiger partial charge on any atom is 0.267 e. The summed E-state index contributed by atoms with van der Waals surface area (Å²) in [7, 11) is 0. The van der Waals surface area contributed by atoms with Gasteiger partial charge < -0.3 is 5.32 Å². The van der Waals surface area contributed by atoms with E-state index in [0.29, 0.717) is 11.3 Å². The quantitative estimate of drug-likeness (QED) is 0.666. The van der Waals surface area contributed by atoms with Crippen molar-refractivity contribution in [3.8, 4) is 11.3 Å². The molecule has 1 saturated heterocycles. The molecule has 6 nitrogen and oxygen atoms in total. The van der Waals surface area contributed by atoms with Gasteiger partial charge in [-0.05, 0) is 48.7 Å². The van der Waals surface area contributed by atoms with E-state index < -0.39 is 0 Å². The van der Waals surface area contributed by atoms with E-state index in [1.165, 1.54) is 23.8 Å². The van der Waals surface area contributed by atoms with Crippen molar-refractivity contribution in [3.05, 3.63) is 88.5 Å². The van der Waals surface area contributed by atoms with Crippen molar-refractivity contribution in [2.24, 2.45) is 0 Å². The molecule has 1 aromatic heterocycles. The smallest absolute Gasteiger partial charge is 0.267 e. The van der Waals surface area contributed by atoms with Gasteiger partial charge in [0.1, 0.15) is 12.4 Å². The molecule has 0 bridgehead atoms. The molecule has 160 valence electrons. The lowest BCUT2D eigenvalue weighted by Crippen LogP contribution is -2.46. The number of halogens is 1. The number of carbonyl (C=O) groups excluding carboxylic acids is 1. The van der Waals surface area contributed by atoms with Crippen LogP contribution in [0.5, 0.6) is 0 Å². The van der Waals surface area contributed by atoms with Gasteiger partial charge in [-0.15, -0.1) is 0 Å². The predicted octanol–water partition coefficient (Wildman–Crippen LogP) is 2.83. The Bertz CT molecular complexity index is 1070. The largest absolute Gasteiger partial charge is 0.352 e. The maximum absolute atomic E-state index is 13.1. The minimum atomic E-state index is -0.348. The Balaban J connectivity index is 1.31. The Morgan fingerprint density at radius 3 is 2.42 bits per heavy atom. The topological polar surface area (TPSA) is 67.2 Å². The zero-order chi connectivity index (χ0) is 21.6. The highest BCUT2D eigenvalue weighted by Gasteiger charge is 2.21. The Labute approximate surface area is 180 Å². The van der Waals surface area contributed by atoms with Gasteiger partial charge in [0.15, 0.2) is 0 Å². The standard InChI is InChI=1S/C24H25FN4O2/c25-20-8-6-19(7-9-20)22-10-11-24(31)29(27-22)17-23(30)26-21-12-14-28(15-13-21)16-18-4-2-1-3-5-18/h1-11,21H,12-17H2,(H,26,30). The van der Waals surface area contributed by atoms with Gasteiger partial charge in [-0.3, -0.25) is 14.5 Å². The molecule has 1 amide bonds. The highest BCUT2D eigenvalue weighted by Crippen LogP contribution is 2.16. The Hall–Kier alpha value is -3.32. The molecule has 2 heterocycles. The van der Waals surface area contributed by atoms with E-state index in [1.807, 2.05) is 18.2 Å². The number of nitrogens with one attached hydrogen (secondary N) is 1. The third-order valence-electron chi connectivity index (χ3n) is 5.50. The molecule has 0 saturated carbocycles. The van der Waals surface area contributed by atoms with E-state index in [4.69, 9.17) is 0 Å². The minimum Gasteiger partial charge on any atom is -0.352 e. The highest BCUT2D eigenvalue weighted by atomic mass is 19.1. The van der Waals surface area contributed by atoms with E-state index in [2.05, 4.69) is 27.4 Å². The summed E-state index contributed by atoms with van der Waals surface area (Å²) in [5.74, 6) is -0.571. The van der Waals surface area contributed by atoms with E-state index in [9.17, 15) is 14.0 Å². The number of nitrogens with zero attached hydrogens (tertiary/aromatic N) is 3. The maximum atomic E-state index is 13.1. The van der Waals surface area contributed by atoms with Gasteiger partial charge in [-0.2, -0.15) is 5.10 Å². The molecule has 0 spiro atoms. The van der Waals surface area contributed by atoms with Crippen LogP contribution in [0.4, 0.5) is 4.39 Å². The second-order valence-electron chi connectivity index (χ2n) is 7.82. The molecule has 1 N–H and O–H groups in total.